The monoisotopic (exact) mass is 309 g/mol. The van der Waals surface area contributed by atoms with E-state index in [1.54, 1.807) is 12.3 Å². The fourth-order valence-corrected chi connectivity index (χ4v) is 2.60. The molecule has 3 rings (SSSR count). The Morgan fingerprint density at radius 1 is 1.22 bits per heavy atom. The number of aromatic nitrogens is 3. The quantitative estimate of drug-likeness (QED) is 0.919. The van der Waals surface area contributed by atoms with Gasteiger partial charge in [0.15, 0.2) is 5.82 Å². The summed E-state index contributed by atoms with van der Waals surface area (Å²) in [5.41, 5.74) is 1.24. The second-order valence-corrected chi connectivity index (χ2v) is 5.34. The normalized spacial score (nSPS) is 15.2. The van der Waals surface area contributed by atoms with Gasteiger partial charge >= 0.3 is 0 Å². The number of hydrogen-bond acceptors (Lipinski definition) is 7. The third-order valence-electron chi connectivity index (χ3n) is 3.98. The summed E-state index contributed by atoms with van der Waals surface area (Å²) in [5.74, 6) is 1.22. The minimum absolute atomic E-state index is 0.406. The Balaban J connectivity index is 1.74. The maximum absolute atomic E-state index is 9.14. The minimum atomic E-state index is 0.406. The van der Waals surface area contributed by atoms with Crippen LogP contribution in [0.3, 0.4) is 0 Å². The molecular formula is C16H19N7. The van der Waals surface area contributed by atoms with Gasteiger partial charge in [-0.2, -0.15) is 15.3 Å². The predicted octanol–water partition coefficient (Wildman–Crippen LogP) is 1.63. The lowest BCUT2D eigenvalue weighted by atomic mass is 10.2. The predicted molar refractivity (Wildman–Crippen MR) is 88.6 cm³/mol. The zero-order valence-corrected chi connectivity index (χ0v) is 13.1. The van der Waals surface area contributed by atoms with Crippen molar-refractivity contribution in [2.24, 2.45) is 0 Å². The summed E-state index contributed by atoms with van der Waals surface area (Å²) in [7, 11) is 0. The summed E-state index contributed by atoms with van der Waals surface area (Å²) >= 11 is 0. The molecule has 1 fully saturated rings. The summed E-state index contributed by atoms with van der Waals surface area (Å²) in [6.07, 6.45) is 1.68. The molecule has 0 amide bonds. The van der Waals surface area contributed by atoms with Crippen molar-refractivity contribution in [3.63, 3.8) is 0 Å². The van der Waals surface area contributed by atoms with Gasteiger partial charge in [0.2, 0.25) is 5.95 Å². The fraction of sp³-hybridized carbons (Fsp3) is 0.375. The van der Waals surface area contributed by atoms with Gasteiger partial charge in [0.05, 0.1) is 17.4 Å². The van der Waals surface area contributed by atoms with Gasteiger partial charge in [-0.3, -0.25) is 0 Å². The molecule has 0 aliphatic carbocycles. The Bertz CT molecular complexity index is 702. The smallest absolute Gasteiger partial charge is 0.249 e. The second-order valence-electron chi connectivity index (χ2n) is 5.34. The lowest BCUT2D eigenvalue weighted by Crippen LogP contribution is -2.46. The van der Waals surface area contributed by atoms with Crippen molar-refractivity contribution in [3.8, 4) is 6.07 Å². The fourth-order valence-electron chi connectivity index (χ4n) is 2.60. The van der Waals surface area contributed by atoms with Gasteiger partial charge in [-0.25, -0.2) is 0 Å². The first kappa shape index (κ1) is 15.2. The van der Waals surface area contributed by atoms with E-state index in [9.17, 15) is 0 Å². The van der Waals surface area contributed by atoms with Crippen molar-refractivity contribution in [2.45, 2.75) is 6.92 Å². The Kier molecular flexibility index (Phi) is 4.64. The molecule has 1 saturated heterocycles. The Morgan fingerprint density at radius 2 is 2.00 bits per heavy atom. The maximum Gasteiger partial charge on any atom is 0.249 e. The molecule has 7 heteroatoms. The van der Waals surface area contributed by atoms with Crippen LogP contribution in [0.1, 0.15) is 12.5 Å². The van der Waals surface area contributed by atoms with E-state index in [1.165, 1.54) is 0 Å². The number of nitrogens with zero attached hydrogens (tertiary/aromatic N) is 6. The van der Waals surface area contributed by atoms with Crippen LogP contribution in [0.4, 0.5) is 17.5 Å². The zero-order chi connectivity index (χ0) is 16.1. The first-order valence-electron chi connectivity index (χ1n) is 7.73. The topological polar surface area (TPSA) is 81.0 Å². The molecule has 1 aliphatic rings. The molecule has 0 unspecified atom stereocenters. The van der Waals surface area contributed by atoms with E-state index in [0.29, 0.717) is 17.2 Å². The van der Waals surface area contributed by atoms with Gasteiger partial charge in [-0.05, 0) is 18.7 Å². The van der Waals surface area contributed by atoms with Crippen molar-refractivity contribution in [1.29, 1.82) is 5.26 Å². The third kappa shape index (κ3) is 3.55. The molecule has 1 aromatic heterocycles. The number of rotatable bonds is 4. The van der Waals surface area contributed by atoms with Gasteiger partial charge in [-0.1, -0.05) is 19.1 Å². The van der Waals surface area contributed by atoms with E-state index in [-0.39, 0.29) is 0 Å². The van der Waals surface area contributed by atoms with Crippen LogP contribution in [0.15, 0.2) is 30.5 Å². The summed E-state index contributed by atoms with van der Waals surface area (Å²) in [6, 6.07) is 9.42. The van der Waals surface area contributed by atoms with E-state index in [4.69, 9.17) is 5.26 Å². The molecule has 118 valence electrons. The molecule has 0 saturated carbocycles. The van der Waals surface area contributed by atoms with Crippen LogP contribution in [0.5, 0.6) is 0 Å². The number of nitrogens with one attached hydrogen (secondary N) is 1. The molecular weight excluding hydrogens is 290 g/mol. The van der Waals surface area contributed by atoms with E-state index in [0.717, 1.165) is 38.5 Å². The van der Waals surface area contributed by atoms with Crippen molar-refractivity contribution < 1.29 is 0 Å². The van der Waals surface area contributed by atoms with Gasteiger partial charge in [0.1, 0.15) is 6.07 Å². The number of nitriles is 1. The molecule has 0 atom stereocenters. The van der Waals surface area contributed by atoms with Gasteiger partial charge in [0.25, 0.3) is 0 Å². The Labute approximate surface area is 135 Å². The van der Waals surface area contributed by atoms with Crippen LogP contribution in [0, 0.1) is 11.3 Å². The lowest BCUT2D eigenvalue weighted by Gasteiger charge is -2.34. The highest BCUT2D eigenvalue weighted by molar-refractivity contribution is 5.63. The largest absolute Gasteiger partial charge is 0.353 e. The van der Waals surface area contributed by atoms with Gasteiger partial charge < -0.3 is 15.1 Å². The van der Waals surface area contributed by atoms with E-state index in [2.05, 4.69) is 43.3 Å². The van der Waals surface area contributed by atoms with Crippen molar-refractivity contribution in [2.75, 3.05) is 42.9 Å². The average Bonchev–Trinajstić information content (AvgIpc) is 2.62. The van der Waals surface area contributed by atoms with E-state index < -0.39 is 0 Å². The Morgan fingerprint density at radius 3 is 2.74 bits per heavy atom. The van der Waals surface area contributed by atoms with Crippen molar-refractivity contribution in [3.05, 3.63) is 36.0 Å². The molecule has 23 heavy (non-hydrogen) atoms. The molecule has 0 bridgehead atoms. The molecule has 0 spiro atoms. The first-order valence-corrected chi connectivity index (χ1v) is 7.73. The molecule has 2 aromatic rings. The van der Waals surface area contributed by atoms with E-state index in [1.807, 2.05) is 18.2 Å². The first-order chi connectivity index (χ1) is 11.3. The SMILES string of the molecule is CCN1CCN(c2cnnc(Nc3ccccc3C#N)n2)CC1. The molecule has 0 radical (unpaired) electrons. The molecule has 1 aliphatic heterocycles. The highest BCUT2D eigenvalue weighted by Gasteiger charge is 2.17. The van der Waals surface area contributed by atoms with Crippen LogP contribution in [-0.2, 0) is 0 Å². The average molecular weight is 309 g/mol. The van der Waals surface area contributed by atoms with Crippen LogP contribution >= 0.6 is 0 Å². The minimum Gasteiger partial charge on any atom is -0.353 e. The highest BCUT2D eigenvalue weighted by atomic mass is 15.3. The lowest BCUT2D eigenvalue weighted by molar-refractivity contribution is 0.270. The number of likely N-dealkylation sites (N-methyl/N-ethyl adjacent to an activating group) is 1. The van der Waals surface area contributed by atoms with Crippen molar-refractivity contribution in [1.82, 2.24) is 20.1 Å². The van der Waals surface area contributed by atoms with Crippen LogP contribution in [-0.4, -0.2) is 52.8 Å². The summed E-state index contributed by atoms with van der Waals surface area (Å²) in [4.78, 5) is 9.15. The maximum atomic E-state index is 9.14. The standard InChI is InChI=1S/C16H19N7/c1-2-22-7-9-23(10-8-22)15-12-18-21-16(20-15)19-14-6-4-3-5-13(14)11-17/h3-6,12H,2,7-10H2,1H3,(H,19,20,21). The van der Waals surface area contributed by atoms with Crippen LogP contribution in [0.2, 0.25) is 0 Å². The number of hydrogen-bond donors (Lipinski definition) is 1. The Hall–Kier alpha value is -2.72. The number of anilines is 3. The molecule has 1 N–H and O–H groups in total. The number of para-hydroxylation sites is 1. The number of benzene rings is 1. The van der Waals surface area contributed by atoms with Crippen molar-refractivity contribution >= 4 is 17.5 Å². The molecule has 2 heterocycles. The third-order valence-corrected chi connectivity index (χ3v) is 3.98. The zero-order valence-electron chi connectivity index (χ0n) is 13.1. The highest BCUT2D eigenvalue weighted by Crippen LogP contribution is 2.19. The molecule has 1 aromatic carbocycles. The van der Waals surface area contributed by atoms with Crippen LogP contribution < -0.4 is 10.2 Å². The van der Waals surface area contributed by atoms with Gasteiger partial charge in [0, 0.05) is 26.2 Å². The summed E-state index contributed by atoms with van der Waals surface area (Å²) < 4.78 is 0. The summed E-state index contributed by atoms with van der Waals surface area (Å²) in [6.45, 7) is 7.17. The van der Waals surface area contributed by atoms with Crippen LogP contribution in [0.25, 0.3) is 0 Å². The second kappa shape index (κ2) is 7.03. The number of piperazine rings is 1. The van der Waals surface area contributed by atoms with Gasteiger partial charge in [-0.15, -0.1) is 5.10 Å². The van der Waals surface area contributed by atoms with E-state index >= 15 is 0 Å². The molecule has 7 nitrogen and oxygen atoms in total. The summed E-state index contributed by atoms with van der Waals surface area (Å²) in [5, 5.41) is 20.3.